The number of carbonyl (C=O) groups excluding carboxylic acids is 1. The molecule has 7 nitrogen and oxygen atoms in total. The fourth-order valence-corrected chi connectivity index (χ4v) is 0.932. The van der Waals surface area contributed by atoms with Gasteiger partial charge in [-0.05, 0) is 6.07 Å². The number of carbonyl (C=O) groups is 1. The lowest BCUT2D eigenvalue weighted by Crippen LogP contribution is -2.30. The van der Waals surface area contributed by atoms with Crippen molar-refractivity contribution in [2.24, 2.45) is 5.84 Å². The van der Waals surface area contributed by atoms with E-state index in [0.29, 0.717) is 0 Å². The van der Waals surface area contributed by atoms with Gasteiger partial charge in [0, 0.05) is 17.8 Å². The molecule has 0 saturated heterocycles. The molecular formula is C9H14N4O3. The van der Waals surface area contributed by atoms with Gasteiger partial charge in [0.1, 0.15) is 0 Å². The number of amides is 1. The van der Waals surface area contributed by atoms with Crippen LogP contribution >= 0.6 is 0 Å². The summed E-state index contributed by atoms with van der Waals surface area (Å²) in [6, 6.07) is 3.56. The molecule has 0 heterocycles. The van der Waals surface area contributed by atoms with E-state index in [9.17, 15) is 14.9 Å². The van der Waals surface area contributed by atoms with Crippen molar-refractivity contribution in [3.05, 3.63) is 33.9 Å². The number of nitro groups is 1. The molecule has 16 heavy (non-hydrogen) atoms. The summed E-state index contributed by atoms with van der Waals surface area (Å²) in [5.41, 5.74) is 7.19. The average Bonchev–Trinajstić information content (AvgIpc) is 2.31. The Morgan fingerprint density at radius 3 is 2.44 bits per heavy atom. The fourth-order valence-electron chi connectivity index (χ4n) is 0.932. The van der Waals surface area contributed by atoms with Crippen LogP contribution in [0.3, 0.4) is 0 Å². The second kappa shape index (κ2) is 6.36. The lowest BCUT2D eigenvalue weighted by Gasteiger charge is -2.02. The minimum atomic E-state index is -0.661. The summed E-state index contributed by atoms with van der Waals surface area (Å²) < 4.78 is 0. The van der Waals surface area contributed by atoms with E-state index >= 15 is 0 Å². The number of hydrogen-bond acceptors (Lipinski definition) is 5. The van der Waals surface area contributed by atoms with Crippen molar-refractivity contribution in [3.63, 3.8) is 0 Å². The molecule has 0 aliphatic rings. The first-order valence-corrected chi connectivity index (χ1v) is 4.61. The van der Waals surface area contributed by atoms with E-state index in [1.165, 1.54) is 12.1 Å². The molecule has 1 rings (SSSR count). The number of nitrogens with one attached hydrogen (secondary N) is 1. The molecule has 0 saturated carbocycles. The predicted molar refractivity (Wildman–Crippen MR) is 60.5 cm³/mol. The molecule has 0 spiro atoms. The lowest BCUT2D eigenvalue weighted by molar-refractivity contribution is -0.384. The van der Waals surface area contributed by atoms with Crippen molar-refractivity contribution in [1.82, 2.24) is 5.43 Å². The number of hydrogen-bond donors (Lipinski definition) is 3. The molecule has 1 amide bonds. The summed E-state index contributed by atoms with van der Waals surface area (Å²) >= 11 is 0. The maximum atomic E-state index is 11.1. The molecule has 7 heteroatoms. The Morgan fingerprint density at radius 1 is 1.44 bits per heavy atom. The molecule has 0 atom stereocenters. The van der Waals surface area contributed by atoms with Crippen LogP contribution in [-0.4, -0.2) is 10.8 Å². The first kappa shape index (κ1) is 13.8. The zero-order valence-electron chi connectivity index (χ0n) is 9.06. The van der Waals surface area contributed by atoms with Crippen molar-refractivity contribution in [3.8, 4) is 0 Å². The molecule has 5 N–H and O–H groups in total. The topological polar surface area (TPSA) is 124 Å². The van der Waals surface area contributed by atoms with Crippen molar-refractivity contribution in [1.29, 1.82) is 0 Å². The van der Waals surface area contributed by atoms with E-state index in [-0.39, 0.29) is 16.9 Å². The molecule has 0 radical (unpaired) electrons. The number of rotatable bonds is 2. The number of benzene rings is 1. The maximum absolute atomic E-state index is 11.1. The fraction of sp³-hybridized carbons (Fsp3) is 0.222. The van der Waals surface area contributed by atoms with Crippen LogP contribution in [0.25, 0.3) is 0 Å². The largest absolute Gasteiger partial charge is 0.398 e. The summed E-state index contributed by atoms with van der Waals surface area (Å²) in [6.45, 7) is 4.00. The molecule has 1 aromatic rings. The van der Waals surface area contributed by atoms with Crippen LogP contribution in [0.1, 0.15) is 24.2 Å². The van der Waals surface area contributed by atoms with Crippen molar-refractivity contribution < 1.29 is 9.72 Å². The van der Waals surface area contributed by atoms with Gasteiger partial charge in [0.15, 0.2) is 0 Å². The average molecular weight is 226 g/mol. The van der Waals surface area contributed by atoms with Gasteiger partial charge in [-0.15, -0.1) is 0 Å². The first-order chi connectivity index (χ1) is 7.56. The number of non-ortho nitro benzene ring substituents is 1. The molecule has 0 aromatic heterocycles. The van der Waals surface area contributed by atoms with Gasteiger partial charge in [-0.1, -0.05) is 13.8 Å². The highest BCUT2D eigenvalue weighted by Crippen LogP contribution is 2.19. The zero-order chi connectivity index (χ0) is 12.7. The standard InChI is InChI=1S/C7H8N4O3.C2H6/c8-6-2-1-4(11(13)14)3-5(6)7(12)10-9;1-2/h1-3H,8-9H2,(H,10,12);1-2H3. The minimum Gasteiger partial charge on any atom is -0.398 e. The molecular weight excluding hydrogens is 212 g/mol. The normalized spacial score (nSPS) is 8.69. The molecule has 0 fully saturated rings. The van der Waals surface area contributed by atoms with E-state index in [1.807, 2.05) is 19.3 Å². The first-order valence-electron chi connectivity index (χ1n) is 4.61. The van der Waals surface area contributed by atoms with E-state index in [1.54, 1.807) is 0 Å². The smallest absolute Gasteiger partial charge is 0.270 e. The number of hydrazine groups is 1. The van der Waals surface area contributed by atoms with Crippen LogP contribution < -0.4 is 17.0 Å². The van der Waals surface area contributed by atoms with E-state index in [2.05, 4.69) is 0 Å². The van der Waals surface area contributed by atoms with Crippen LogP contribution in [0.15, 0.2) is 18.2 Å². The van der Waals surface area contributed by atoms with Crippen LogP contribution in [-0.2, 0) is 0 Å². The lowest BCUT2D eigenvalue weighted by atomic mass is 10.1. The number of anilines is 1. The predicted octanol–water partition coefficient (Wildman–Crippen LogP) is 0.807. The summed E-state index contributed by atoms with van der Waals surface area (Å²) in [6.07, 6.45) is 0. The monoisotopic (exact) mass is 226 g/mol. The van der Waals surface area contributed by atoms with Crippen LogP contribution in [0, 0.1) is 10.1 Å². The number of nitro benzene ring substituents is 1. The molecule has 0 aliphatic carbocycles. The van der Waals surface area contributed by atoms with E-state index in [4.69, 9.17) is 11.6 Å². The molecule has 1 aromatic carbocycles. The Balaban J connectivity index is 0.00000106. The Morgan fingerprint density at radius 2 is 2.00 bits per heavy atom. The van der Waals surface area contributed by atoms with Crippen LogP contribution in [0.4, 0.5) is 11.4 Å². The van der Waals surface area contributed by atoms with E-state index in [0.717, 1.165) is 6.07 Å². The van der Waals surface area contributed by atoms with Gasteiger partial charge < -0.3 is 5.73 Å². The van der Waals surface area contributed by atoms with Crippen LogP contribution in [0.2, 0.25) is 0 Å². The number of nitrogens with zero attached hydrogens (tertiary/aromatic N) is 1. The van der Waals surface area contributed by atoms with Gasteiger partial charge in [0.2, 0.25) is 0 Å². The van der Waals surface area contributed by atoms with Gasteiger partial charge in [0.25, 0.3) is 11.6 Å². The highest BCUT2D eigenvalue weighted by atomic mass is 16.6. The Kier molecular flexibility index (Phi) is 5.50. The SMILES string of the molecule is CC.NNC(=O)c1cc([N+](=O)[O-])ccc1N. The van der Waals surface area contributed by atoms with Gasteiger partial charge in [-0.3, -0.25) is 20.3 Å². The minimum absolute atomic E-state index is 0.0123. The highest BCUT2D eigenvalue weighted by molar-refractivity contribution is 5.99. The Hall–Kier alpha value is -2.15. The summed E-state index contributed by atoms with van der Waals surface area (Å²) in [5.74, 6) is 4.21. The zero-order valence-corrected chi connectivity index (χ0v) is 9.06. The van der Waals surface area contributed by atoms with Crippen molar-refractivity contribution in [2.45, 2.75) is 13.8 Å². The molecule has 0 unspecified atom stereocenters. The van der Waals surface area contributed by atoms with Gasteiger partial charge in [-0.2, -0.15) is 0 Å². The van der Waals surface area contributed by atoms with Crippen molar-refractivity contribution in [2.75, 3.05) is 5.73 Å². The van der Waals surface area contributed by atoms with Gasteiger partial charge in [0.05, 0.1) is 10.5 Å². The summed E-state index contributed by atoms with van der Waals surface area (Å²) in [5, 5.41) is 10.4. The molecule has 0 bridgehead atoms. The maximum Gasteiger partial charge on any atom is 0.270 e. The Labute approximate surface area is 92.5 Å². The third-order valence-electron chi connectivity index (χ3n) is 1.62. The highest BCUT2D eigenvalue weighted by Gasteiger charge is 2.13. The summed E-state index contributed by atoms with van der Waals surface area (Å²) in [7, 11) is 0. The van der Waals surface area contributed by atoms with Gasteiger partial charge in [-0.25, -0.2) is 5.84 Å². The second-order valence-electron chi connectivity index (χ2n) is 2.50. The van der Waals surface area contributed by atoms with Gasteiger partial charge >= 0.3 is 0 Å². The van der Waals surface area contributed by atoms with E-state index < -0.39 is 10.8 Å². The number of nitrogen functional groups attached to an aromatic ring is 2. The molecule has 0 aliphatic heterocycles. The number of nitrogens with two attached hydrogens (primary N) is 2. The third kappa shape index (κ3) is 3.21. The molecule has 88 valence electrons. The second-order valence-corrected chi connectivity index (χ2v) is 2.50. The third-order valence-corrected chi connectivity index (χ3v) is 1.62. The van der Waals surface area contributed by atoms with Crippen LogP contribution in [0.5, 0.6) is 0 Å². The Bertz CT molecular complexity index is 392. The summed E-state index contributed by atoms with van der Waals surface area (Å²) in [4.78, 5) is 20.8. The quantitative estimate of drug-likeness (QED) is 0.226. The van der Waals surface area contributed by atoms with Crippen molar-refractivity contribution >= 4 is 17.3 Å².